The van der Waals surface area contributed by atoms with Crippen LogP contribution in [0.5, 0.6) is 0 Å². The monoisotopic (exact) mass is 306 g/mol. The minimum atomic E-state index is -1.68. The number of hydrogen-bond acceptors (Lipinski definition) is 2. The number of hydrogen-bond donors (Lipinski definition) is 0. The van der Waals surface area contributed by atoms with E-state index >= 15 is 0 Å². The number of rotatable bonds is 7. The van der Waals surface area contributed by atoms with Crippen LogP contribution in [0.2, 0.25) is 18.1 Å². The van der Waals surface area contributed by atoms with Crippen molar-refractivity contribution in [3.8, 4) is 0 Å². The van der Waals surface area contributed by atoms with Gasteiger partial charge in [0.1, 0.15) is 0 Å². The molecule has 0 saturated heterocycles. The molecule has 118 valence electrons. The number of ether oxygens (including phenoxy) is 1. The lowest BCUT2D eigenvalue weighted by molar-refractivity contribution is 0.147. The summed E-state index contributed by atoms with van der Waals surface area (Å²) in [7, 11) is -1.68. The Balaban J connectivity index is 2.30. The van der Waals surface area contributed by atoms with Crippen molar-refractivity contribution in [3.63, 3.8) is 0 Å². The van der Waals surface area contributed by atoms with Crippen molar-refractivity contribution in [2.24, 2.45) is 0 Å². The smallest absolute Gasteiger partial charge is 0.192 e. The summed E-state index contributed by atoms with van der Waals surface area (Å²) in [6, 6.07) is 10.2. The summed E-state index contributed by atoms with van der Waals surface area (Å²) in [5.74, 6) is 0. The Morgan fingerprint density at radius 3 is 2.33 bits per heavy atom. The van der Waals surface area contributed by atoms with Crippen LogP contribution < -0.4 is 0 Å². The molecule has 0 aromatic heterocycles. The number of benzene rings is 1. The zero-order chi connectivity index (χ0) is 15.9. The van der Waals surface area contributed by atoms with Crippen molar-refractivity contribution in [1.29, 1.82) is 0 Å². The van der Waals surface area contributed by atoms with Crippen LogP contribution in [0.3, 0.4) is 0 Å². The molecule has 1 atom stereocenters. The van der Waals surface area contributed by atoms with Crippen molar-refractivity contribution in [1.82, 2.24) is 0 Å². The van der Waals surface area contributed by atoms with Crippen LogP contribution in [0.4, 0.5) is 0 Å². The third-order valence-electron chi connectivity index (χ3n) is 4.02. The zero-order valence-corrected chi connectivity index (χ0v) is 15.3. The molecule has 0 bridgehead atoms. The Morgan fingerprint density at radius 1 is 1.14 bits per heavy atom. The van der Waals surface area contributed by atoms with Gasteiger partial charge >= 0.3 is 0 Å². The van der Waals surface area contributed by atoms with Crippen molar-refractivity contribution in [2.75, 3.05) is 6.61 Å². The average molecular weight is 307 g/mol. The molecule has 3 heteroatoms. The minimum Gasteiger partial charge on any atom is -0.411 e. The van der Waals surface area contributed by atoms with E-state index in [1.807, 2.05) is 18.2 Å². The summed E-state index contributed by atoms with van der Waals surface area (Å²) in [5, 5.41) is 0.249. The van der Waals surface area contributed by atoms with Crippen molar-refractivity contribution in [2.45, 2.75) is 58.5 Å². The van der Waals surface area contributed by atoms with Crippen molar-refractivity contribution >= 4 is 8.32 Å². The molecule has 0 aliphatic carbocycles. The highest BCUT2D eigenvalue weighted by Gasteiger charge is 2.37. The SMILES string of the molecule is C[C@H](/C=C/COCc1ccccc1)O[Si](C)(C)C(C)(C)C. The van der Waals surface area contributed by atoms with Gasteiger partial charge in [0.05, 0.1) is 19.3 Å². The zero-order valence-electron chi connectivity index (χ0n) is 14.3. The summed E-state index contributed by atoms with van der Waals surface area (Å²) in [5.41, 5.74) is 1.21. The topological polar surface area (TPSA) is 18.5 Å². The molecule has 0 heterocycles. The molecular weight excluding hydrogens is 276 g/mol. The van der Waals surface area contributed by atoms with E-state index in [1.54, 1.807) is 0 Å². The van der Waals surface area contributed by atoms with E-state index in [1.165, 1.54) is 5.56 Å². The van der Waals surface area contributed by atoms with Crippen LogP contribution in [-0.2, 0) is 15.8 Å². The molecule has 0 aliphatic heterocycles. The van der Waals surface area contributed by atoms with Gasteiger partial charge in [0.25, 0.3) is 0 Å². The predicted octanol–water partition coefficient (Wildman–Crippen LogP) is 5.17. The first-order chi connectivity index (χ1) is 9.72. The predicted molar refractivity (Wildman–Crippen MR) is 93.0 cm³/mol. The van der Waals surface area contributed by atoms with Gasteiger partial charge in [0.2, 0.25) is 0 Å². The molecule has 0 radical (unpaired) electrons. The maximum Gasteiger partial charge on any atom is 0.192 e. The highest BCUT2D eigenvalue weighted by molar-refractivity contribution is 6.74. The van der Waals surface area contributed by atoms with Crippen molar-refractivity contribution < 1.29 is 9.16 Å². The Bertz CT molecular complexity index is 432. The van der Waals surface area contributed by atoms with Gasteiger partial charge < -0.3 is 9.16 Å². The van der Waals surface area contributed by atoms with E-state index in [2.05, 4.69) is 65.1 Å². The highest BCUT2D eigenvalue weighted by atomic mass is 28.4. The molecule has 0 spiro atoms. The normalized spacial score (nSPS) is 14.6. The second kappa shape index (κ2) is 7.92. The highest BCUT2D eigenvalue weighted by Crippen LogP contribution is 2.37. The molecule has 1 aromatic carbocycles. The first-order valence-electron chi connectivity index (χ1n) is 7.68. The van der Waals surface area contributed by atoms with E-state index in [4.69, 9.17) is 9.16 Å². The first kappa shape index (κ1) is 18.1. The fraction of sp³-hybridized carbons (Fsp3) is 0.556. The second-order valence-corrected chi connectivity index (χ2v) is 11.8. The molecular formula is C18H30O2Si. The van der Waals surface area contributed by atoms with E-state index in [-0.39, 0.29) is 11.1 Å². The molecule has 0 amide bonds. The molecule has 0 fully saturated rings. The molecule has 1 aromatic rings. The van der Waals surface area contributed by atoms with E-state index in [0.717, 1.165) is 0 Å². The van der Waals surface area contributed by atoms with Gasteiger partial charge in [-0.1, -0.05) is 63.3 Å². The lowest BCUT2D eigenvalue weighted by Crippen LogP contribution is -2.42. The van der Waals surface area contributed by atoms with Crippen LogP contribution >= 0.6 is 0 Å². The van der Waals surface area contributed by atoms with E-state index < -0.39 is 8.32 Å². The van der Waals surface area contributed by atoms with Crippen LogP contribution in [0.25, 0.3) is 0 Å². The third-order valence-corrected chi connectivity index (χ3v) is 8.59. The molecule has 2 nitrogen and oxygen atoms in total. The van der Waals surface area contributed by atoms with Gasteiger partial charge in [-0.2, -0.15) is 0 Å². The molecule has 0 aliphatic rings. The summed E-state index contributed by atoms with van der Waals surface area (Å²) in [6.07, 6.45) is 4.30. The minimum absolute atomic E-state index is 0.145. The Labute approximate surface area is 131 Å². The maximum absolute atomic E-state index is 6.26. The van der Waals surface area contributed by atoms with Gasteiger partial charge in [-0.15, -0.1) is 0 Å². The van der Waals surface area contributed by atoms with Crippen LogP contribution in [0.1, 0.15) is 33.3 Å². The second-order valence-electron chi connectivity index (χ2n) is 7.01. The third kappa shape index (κ3) is 6.59. The van der Waals surface area contributed by atoms with E-state index in [0.29, 0.717) is 13.2 Å². The Morgan fingerprint density at radius 2 is 1.76 bits per heavy atom. The summed E-state index contributed by atoms with van der Waals surface area (Å²) < 4.78 is 11.9. The fourth-order valence-corrected chi connectivity index (χ4v) is 3.11. The van der Waals surface area contributed by atoms with Crippen LogP contribution in [-0.4, -0.2) is 21.0 Å². The van der Waals surface area contributed by atoms with Gasteiger partial charge in [-0.05, 0) is 30.6 Å². The van der Waals surface area contributed by atoms with Gasteiger partial charge in [0.15, 0.2) is 8.32 Å². The molecule has 0 unspecified atom stereocenters. The summed E-state index contributed by atoms with van der Waals surface area (Å²) in [6.45, 7) is 14.7. The van der Waals surface area contributed by atoms with E-state index in [9.17, 15) is 0 Å². The molecule has 0 saturated carbocycles. The van der Waals surface area contributed by atoms with Gasteiger partial charge in [0, 0.05) is 0 Å². The van der Waals surface area contributed by atoms with Crippen molar-refractivity contribution in [3.05, 3.63) is 48.0 Å². The summed E-state index contributed by atoms with van der Waals surface area (Å²) >= 11 is 0. The largest absolute Gasteiger partial charge is 0.411 e. The average Bonchev–Trinajstić information content (AvgIpc) is 2.37. The quantitative estimate of drug-likeness (QED) is 0.393. The van der Waals surface area contributed by atoms with Gasteiger partial charge in [-0.3, -0.25) is 0 Å². The Hall–Kier alpha value is -0.903. The lowest BCUT2D eigenvalue weighted by atomic mass is 10.2. The van der Waals surface area contributed by atoms with Crippen LogP contribution in [0, 0.1) is 0 Å². The van der Waals surface area contributed by atoms with Gasteiger partial charge in [-0.25, -0.2) is 0 Å². The Kier molecular flexibility index (Phi) is 6.85. The maximum atomic E-state index is 6.26. The summed E-state index contributed by atoms with van der Waals surface area (Å²) in [4.78, 5) is 0. The molecule has 0 N–H and O–H groups in total. The molecule has 21 heavy (non-hydrogen) atoms. The standard InChI is InChI=1S/C18H30O2Si/c1-16(20-21(5,6)18(2,3)4)11-10-14-19-15-17-12-8-7-9-13-17/h7-13,16H,14-15H2,1-6H3/b11-10+/t16-/m1/s1. The molecule has 1 rings (SSSR count). The first-order valence-corrected chi connectivity index (χ1v) is 10.6. The fourth-order valence-electron chi connectivity index (χ4n) is 1.75. The van der Waals surface area contributed by atoms with Crippen LogP contribution in [0.15, 0.2) is 42.5 Å². The lowest BCUT2D eigenvalue weighted by Gasteiger charge is -2.37.